The molecule has 118 valence electrons. The van der Waals surface area contributed by atoms with Gasteiger partial charge in [0.05, 0.1) is 0 Å². The molecule has 0 saturated heterocycles. The number of hydrogen-bond donors (Lipinski definition) is 2. The summed E-state index contributed by atoms with van der Waals surface area (Å²) in [5, 5.41) is 8.88. The Morgan fingerprint density at radius 1 is 1.43 bits per heavy atom. The molecular formula is C14H21NO5S. The fourth-order valence-corrected chi connectivity index (χ4v) is 4.42. The van der Waals surface area contributed by atoms with Crippen LogP contribution in [0, 0.1) is 12.3 Å². The van der Waals surface area contributed by atoms with Gasteiger partial charge in [0.15, 0.2) is 0 Å². The lowest BCUT2D eigenvalue weighted by Gasteiger charge is -2.38. The molecule has 0 aromatic carbocycles. The van der Waals surface area contributed by atoms with Crippen LogP contribution < -0.4 is 4.72 Å². The first-order chi connectivity index (χ1) is 9.63. The second-order valence-electron chi connectivity index (χ2n) is 6.24. The molecule has 0 bridgehead atoms. The molecule has 1 aliphatic carbocycles. The van der Waals surface area contributed by atoms with Gasteiger partial charge in [-0.1, -0.05) is 26.7 Å². The summed E-state index contributed by atoms with van der Waals surface area (Å²) < 4.78 is 32.7. The number of aryl methyl sites for hydroxylation is 1. The van der Waals surface area contributed by atoms with E-state index in [0.717, 1.165) is 31.7 Å². The second kappa shape index (κ2) is 5.46. The van der Waals surface area contributed by atoms with Crippen molar-refractivity contribution in [2.45, 2.75) is 57.4 Å². The number of furan rings is 1. The average Bonchev–Trinajstić information content (AvgIpc) is 2.75. The third-order valence-corrected chi connectivity index (χ3v) is 5.76. The summed E-state index contributed by atoms with van der Waals surface area (Å²) >= 11 is 0. The van der Waals surface area contributed by atoms with Crippen molar-refractivity contribution in [2.24, 2.45) is 5.41 Å². The van der Waals surface area contributed by atoms with E-state index in [1.165, 1.54) is 6.92 Å². The van der Waals surface area contributed by atoms with E-state index >= 15 is 0 Å². The van der Waals surface area contributed by atoms with Crippen molar-refractivity contribution in [3.05, 3.63) is 17.6 Å². The highest BCUT2D eigenvalue weighted by atomic mass is 32.2. The zero-order valence-electron chi connectivity index (χ0n) is 12.5. The average molecular weight is 315 g/mol. The molecule has 7 heteroatoms. The second-order valence-corrected chi connectivity index (χ2v) is 7.93. The Hall–Kier alpha value is -1.34. The summed E-state index contributed by atoms with van der Waals surface area (Å²) in [6.45, 7) is 5.54. The fraction of sp³-hybridized carbons (Fsp3) is 0.643. The number of rotatable bonds is 4. The van der Waals surface area contributed by atoms with Gasteiger partial charge in [-0.15, -0.1) is 0 Å². The van der Waals surface area contributed by atoms with E-state index in [0.29, 0.717) is 0 Å². The molecule has 0 radical (unpaired) electrons. The van der Waals surface area contributed by atoms with Crippen molar-refractivity contribution < 1.29 is 22.7 Å². The van der Waals surface area contributed by atoms with Gasteiger partial charge in [-0.05, 0) is 25.2 Å². The minimum atomic E-state index is -3.78. The number of carboxylic acid groups (broad SMARTS) is 1. The molecule has 0 amide bonds. The highest BCUT2D eigenvalue weighted by molar-refractivity contribution is 7.89. The molecule has 1 atom stereocenters. The molecule has 6 nitrogen and oxygen atoms in total. The predicted molar refractivity (Wildman–Crippen MR) is 76.8 cm³/mol. The first kappa shape index (κ1) is 16.0. The summed E-state index contributed by atoms with van der Waals surface area (Å²) in [5.74, 6) is -1.55. The minimum absolute atomic E-state index is 0.0912. The SMILES string of the molecule is Cc1oc(C(=O)O)cc1S(=O)(=O)NC1CCCCC1(C)C. The molecule has 2 N–H and O–H groups in total. The third kappa shape index (κ3) is 3.29. The lowest BCUT2D eigenvalue weighted by Crippen LogP contribution is -2.46. The minimum Gasteiger partial charge on any atom is -0.475 e. The normalized spacial score (nSPS) is 22.1. The van der Waals surface area contributed by atoms with Gasteiger partial charge in [0.25, 0.3) is 0 Å². The van der Waals surface area contributed by atoms with Gasteiger partial charge in [-0.25, -0.2) is 17.9 Å². The summed E-state index contributed by atoms with van der Waals surface area (Å²) in [4.78, 5) is 10.8. The van der Waals surface area contributed by atoms with Crippen LogP contribution in [0.5, 0.6) is 0 Å². The summed E-state index contributed by atoms with van der Waals surface area (Å²) in [7, 11) is -3.78. The van der Waals surface area contributed by atoms with Crippen molar-refractivity contribution in [2.75, 3.05) is 0 Å². The first-order valence-electron chi connectivity index (χ1n) is 6.99. The van der Waals surface area contributed by atoms with Gasteiger partial charge in [0, 0.05) is 12.1 Å². The Bertz CT molecular complexity index is 644. The molecular weight excluding hydrogens is 294 g/mol. The summed E-state index contributed by atoms with van der Waals surface area (Å²) in [6.07, 6.45) is 3.83. The molecule has 1 aliphatic rings. The summed E-state index contributed by atoms with van der Waals surface area (Å²) in [5.41, 5.74) is -0.113. The zero-order chi connectivity index (χ0) is 15.8. The number of aromatic carboxylic acids is 1. The topological polar surface area (TPSA) is 96.6 Å². The van der Waals surface area contributed by atoms with Crippen LogP contribution in [0.15, 0.2) is 15.4 Å². The monoisotopic (exact) mass is 315 g/mol. The van der Waals surface area contributed by atoms with Crippen LogP contribution in [0.25, 0.3) is 0 Å². The molecule has 1 heterocycles. The highest BCUT2D eigenvalue weighted by Crippen LogP contribution is 2.36. The van der Waals surface area contributed by atoms with Gasteiger partial charge >= 0.3 is 5.97 Å². The Balaban J connectivity index is 2.28. The van der Waals surface area contributed by atoms with Gasteiger partial charge in [-0.2, -0.15) is 0 Å². The fourth-order valence-electron chi connectivity index (χ4n) is 2.80. The van der Waals surface area contributed by atoms with Crippen LogP contribution in [0.1, 0.15) is 55.8 Å². The van der Waals surface area contributed by atoms with Crippen LogP contribution in [-0.4, -0.2) is 25.5 Å². The largest absolute Gasteiger partial charge is 0.475 e. The Morgan fingerprint density at radius 3 is 2.62 bits per heavy atom. The quantitative estimate of drug-likeness (QED) is 0.890. The van der Waals surface area contributed by atoms with Crippen molar-refractivity contribution in [3.63, 3.8) is 0 Å². The van der Waals surface area contributed by atoms with Crippen LogP contribution in [-0.2, 0) is 10.0 Å². The van der Waals surface area contributed by atoms with E-state index in [-0.39, 0.29) is 27.9 Å². The van der Waals surface area contributed by atoms with Crippen molar-refractivity contribution >= 4 is 16.0 Å². The maximum absolute atomic E-state index is 12.5. The Morgan fingerprint density at radius 2 is 2.10 bits per heavy atom. The maximum atomic E-state index is 12.5. The predicted octanol–water partition coefficient (Wildman–Crippen LogP) is 2.53. The van der Waals surface area contributed by atoms with E-state index < -0.39 is 16.0 Å². The number of sulfonamides is 1. The van der Waals surface area contributed by atoms with Crippen LogP contribution in [0.3, 0.4) is 0 Å². The first-order valence-corrected chi connectivity index (χ1v) is 8.48. The summed E-state index contributed by atoms with van der Waals surface area (Å²) in [6, 6.07) is 0.911. The van der Waals surface area contributed by atoms with E-state index in [1.807, 2.05) is 13.8 Å². The van der Waals surface area contributed by atoms with Gasteiger partial charge in [-0.3, -0.25) is 0 Å². The number of carboxylic acids is 1. The molecule has 1 unspecified atom stereocenters. The van der Waals surface area contributed by atoms with Crippen molar-refractivity contribution in [1.29, 1.82) is 0 Å². The van der Waals surface area contributed by atoms with Gasteiger partial charge in [0.1, 0.15) is 10.7 Å². The molecule has 2 rings (SSSR count). The van der Waals surface area contributed by atoms with Gasteiger partial charge < -0.3 is 9.52 Å². The van der Waals surface area contributed by atoms with E-state index in [1.54, 1.807) is 0 Å². The number of carbonyl (C=O) groups is 1. The molecule has 1 saturated carbocycles. The van der Waals surface area contributed by atoms with Crippen molar-refractivity contribution in [1.82, 2.24) is 4.72 Å². The Labute approximate surface area is 124 Å². The zero-order valence-corrected chi connectivity index (χ0v) is 13.3. The molecule has 1 aromatic heterocycles. The smallest absolute Gasteiger partial charge is 0.371 e. The lowest BCUT2D eigenvalue weighted by atomic mass is 9.74. The van der Waals surface area contributed by atoms with E-state index in [4.69, 9.17) is 9.52 Å². The highest BCUT2D eigenvalue weighted by Gasteiger charge is 2.36. The third-order valence-electron chi connectivity index (χ3n) is 4.18. The standard InChI is InChI=1S/C14H21NO5S/c1-9-11(8-10(20-9)13(16)17)21(18,19)15-12-6-4-5-7-14(12,2)3/h8,12,15H,4-7H2,1-3H3,(H,16,17). The molecule has 1 aromatic rings. The molecule has 0 aliphatic heterocycles. The van der Waals surface area contributed by atoms with Gasteiger partial charge in [0.2, 0.25) is 15.8 Å². The van der Waals surface area contributed by atoms with Crippen molar-refractivity contribution in [3.8, 4) is 0 Å². The van der Waals surface area contributed by atoms with E-state index in [2.05, 4.69) is 4.72 Å². The molecule has 1 fully saturated rings. The van der Waals surface area contributed by atoms with Crippen LogP contribution in [0.2, 0.25) is 0 Å². The number of nitrogens with one attached hydrogen (secondary N) is 1. The van der Waals surface area contributed by atoms with E-state index in [9.17, 15) is 13.2 Å². The molecule has 21 heavy (non-hydrogen) atoms. The maximum Gasteiger partial charge on any atom is 0.371 e. The van der Waals surface area contributed by atoms with Crippen LogP contribution >= 0.6 is 0 Å². The van der Waals surface area contributed by atoms with Crippen LogP contribution in [0.4, 0.5) is 0 Å². The lowest BCUT2D eigenvalue weighted by molar-refractivity contribution is 0.0661. The number of hydrogen-bond acceptors (Lipinski definition) is 4. The Kier molecular flexibility index (Phi) is 4.17. The molecule has 0 spiro atoms.